The molecule has 1 saturated heterocycles. The number of aryl methyl sites for hydroxylation is 1. The number of amidine groups is 1. The minimum Gasteiger partial charge on any atom is -0.372 e. The summed E-state index contributed by atoms with van der Waals surface area (Å²) in [5.41, 5.74) is 2.32. The third-order valence-corrected chi connectivity index (χ3v) is 7.60. The number of hydrogen-bond acceptors (Lipinski definition) is 6. The molecule has 0 bridgehead atoms. The second-order valence-electron chi connectivity index (χ2n) is 10.2. The molecule has 3 heterocycles. The summed E-state index contributed by atoms with van der Waals surface area (Å²) in [5.74, 6) is 0.305. The average Bonchev–Trinajstić information content (AvgIpc) is 3.29. The Morgan fingerprint density at radius 3 is 2.75 bits per heavy atom. The number of allylic oxidation sites excluding steroid dienone is 3. The SMILES string of the molecule is CCOC1C=C(/C=C2\CC3(CC3)CN3C2=NOC3(C=O)c2ccc(F)cc2)C=CC1n1cnc(C)c1. The number of ether oxygens (including phenoxy) is 1. The predicted molar refractivity (Wildman–Crippen MR) is 132 cm³/mol. The number of carbonyl (C=O) groups is 1. The highest BCUT2D eigenvalue weighted by molar-refractivity contribution is 6.02. The van der Waals surface area contributed by atoms with Gasteiger partial charge in [0.25, 0.3) is 5.72 Å². The zero-order valence-corrected chi connectivity index (χ0v) is 20.4. The summed E-state index contributed by atoms with van der Waals surface area (Å²) in [5, 5.41) is 4.40. The molecule has 2 fully saturated rings. The van der Waals surface area contributed by atoms with Crippen LogP contribution in [0.5, 0.6) is 0 Å². The molecule has 0 N–H and O–H groups in total. The molecule has 1 aromatic carbocycles. The summed E-state index contributed by atoms with van der Waals surface area (Å²) < 4.78 is 21.8. The lowest BCUT2D eigenvalue weighted by molar-refractivity contribution is -0.148. The highest BCUT2D eigenvalue weighted by Crippen LogP contribution is 2.57. The van der Waals surface area contributed by atoms with Crippen molar-refractivity contribution in [1.82, 2.24) is 14.5 Å². The average molecular weight is 489 g/mol. The Hall–Kier alpha value is -3.52. The Morgan fingerprint density at radius 1 is 1.28 bits per heavy atom. The second-order valence-corrected chi connectivity index (χ2v) is 10.2. The lowest BCUT2D eigenvalue weighted by atomic mass is 9.86. The van der Waals surface area contributed by atoms with Crippen molar-refractivity contribution in [1.29, 1.82) is 0 Å². The first kappa shape index (κ1) is 22.9. The Labute approximate surface area is 209 Å². The molecule has 186 valence electrons. The molecule has 36 heavy (non-hydrogen) atoms. The van der Waals surface area contributed by atoms with Gasteiger partial charge in [0, 0.05) is 24.9 Å². The van der Waals surface area contributed by atoms with Crippen molar-refractivity contribution in [3.63, 3.8) is 0 Å². The van der Waals surface area contributed by atoms with Crippen molar-refractivity contribution in [3.05, 3.63) is 89.3 Å². The molecule has 2 aliphatic heterocycles. The van der Waals surface area contributed by atoms with Gasteiger partial charge in [-0.2, -0.15) is 0 Å². The fourth-order valence-corrected chi connectivity index (χ4v) is 5.52. The fourth-order valence-electron chi connectivity index (χ4n) is 5.52. The number of carbonyl (C=O) groups excluding carboxylic acids is 1. The topological polar surface area (TPSA) is 69.0 Å². The number of halogens is 1. The van der Waals surface area contributed by atoms with Crippen LogP contribution >= 0.6 is 0 Å². The number of aldehydes is 1. The minimum atomic E-state index is -1.38. The summed E-state index contributed by atoms with van der Waals surface area (Å²) in [6.45, 7) is 5.25. The van der Waals surface area contributed by atoms with Crippen molar-refractivity contribution < 1.29 is 18.8 Å². The maximum absolute atomic E-state index is 13.6. The van der Waals surface area contributed by atoms with Crippen LogP contribution in [0.2, 0.25) is 0 Å². The number of fused-ring (bicyclic) bond motifs is 1. The molecule has 2 aliphatic carbocycles. The first-order chi connectivity index (χ1) is 17.4. The van der Waals surface area contributed by atoms with Crippen LogP contribution in [-0.4, -0.2) is 45.8 Å². The second kappa shape index (κ2) is 8.55. The molecule has 3 atom stereocenters. The third kappa shape index (κ3) is 3.80. The first-order valence-electron chi connectivity index (χ1n) is 12.4. The lowest BCUT2D eigenvalue weighted by Gasteiger charge is -2.40. The Balaban J connectivity index is 1.33. The van der Waals surface area contributed by atoms with Gasteiger partial charge in [0.05, 0.1) is 18.1 Å². The van der Waals surface area contributed by atoms with Crippen molar-refractivity contribution in [3.8, 4) is 0 Å². The monoisotopic (exact) mass is 488 g/mol. The van der Waals surface area contributed by atoms with Gasteiger partial charge in [0.2, 0.25) is 0 Å². The number of aromatic nitrogens is 2. The molecule has 0 amide bonds. The molecule has 6 rings (SSSR count). The fraction of sp³-hybridized carbons (Fsp3) is 0.393. The first-order valence-corrected chi connectivity index (χ1v) is 12.4. The lowest BCUT2D eigenvalue weighted by Crippen LogP contribution is -2.52. The highest BCUT2D eigenvalue weighted by Gasteiger charge is 2.58. The van der Waals surface area contributed by atoms with E-state index in [1.54, 1.807) is 12.1 Å². The van der Waals surface area contributed by atoms with Crippen LogP contribution < -0.4 is 0 Å². The molecule has 1 spiro atoms. The zero-order valence-electron chi connectivity index (χ0n) is 20.4. The van der Waals surface area contributed by atoms with E-state index in [0.717, 1.165) is 42.4 Å². The van der Waals surface area contributed by atoms with Gasteiger partial charge in [-0.25, -0.2) is 9.37 Å². The predicted octanol–water partition coefficient (Wildman–Crippen LogP) is 4.58. The Morgan fingerprint density at radius 2 is 2.08 bits per heavy atom. The van der Waals surface area contributed by atoms with Crippen LogP contribution in [0.15, 0.2) is 77.4 Å². The van der Waals surface area contributed by atoms with E-state index in [2.05, 4.69) is 39.0 Å². The Bertz CT molecular complexity index is 1300. The molecule has 0 radical (unpaired) electrons. The quantitative estimate of drug-likeness (QED) is 0.557. The number of imidazole rings is 1. The zero-order chi connectivity index (χ0) is 24.9. The summed E-state index contributed by atoms with van der Waals surface area (Å²) in [6.07, 6.45) is 16.1. The van der Waals surface area contributed by atoms with Gasteiger partial charge >= 0.3 is 0 Å². The molecule has 4 aliphatic rings. The summed E-state index contributed by atoms with van der Waals surface area (Å²) in [4.78, 5) is 24.7. The molecular formula is C28H29FN4O3. The van der Waals surface area contributed by atoms with Gasteiger partial charge in [-0.3, -0.25) is 4.79 Å². The van der Waals surface area contributed by atoms with E-state index in [0.29, 0.717) is 24.6 Å². The van der Waals surface area contributed by atoms with Gasteiger partial charge in [0.1, 0.15) is 11.9 Å². The van der Waals surface area contributed by atoms with Crippen molar-refractivity contribution in [2.24, 2.45) is 10.6 Å². The van der Waals surface area contributed by atoms with Crippen LogP contribution in [0.1, 0.15) is 43.5 Å². The maximum Gasteiger partial charge on any atom is 0.293 e. The van der Waals surface area contributed by atoms with Gasteiger partial charge < -0.3 is 19.0 Å². The highest BCUT2D eigenvalue weighted by atomic mass is 19.1. The van der Waals surface area contributed by atoms with Gasteiger partial charge in [-0.1, -0.05) is 17.3 Å². The smallest absolute Gasteiger partial charge is 0.293 e. The van der Waals surface area contributed by atoms with Crippen molar-refractivity contribution in [2.75, 3.05) is 13.2 Å². The van der Waals surface area contributed by atoms with E-state index in [1.165, 1.54) is 12.1 Å². The standard InChI is InChI=1S/C28H29FN4O3/c1-3-35-25-13-20(4-9-24(25)32-15-19(2)30-18-32)12-21-14-27(10-11-27)16-33-26(21)31-36-28(33,17-34)22-5-7-23(29)8-6-22/h4-9,12-13,15,17-18,24-25H,3,10-11,14,16H2,1-2H3/b21-12+. The van der Waals surface area contributed by atoms with Gasteiger partial charge in [0.15, 0.2) is 12.1 Å². The van der Waals surface area contributed by atoms with Crippen molar-refractivity contribution >= 4 is 12.1 Å². The molecule has 1 aromatic heterocycles. The number of piperidine rings is 1. The molecular weight excluding hydrogens is 459 g/mol. The largest absolute Gasteiger partial charge is 0.372 e. The van der Waals surface area contributed by atoms with E-state index in [-0.39, 0.29) is 23.4 Å². The molecule has 1 saturated carbocycles. The Kier molecular flexibility index (Phi) is 5.44. The maximum atomic E-state index is 13.6. The van der Waals surface area contributed by atoms with E-state index < -0.39 is 5.72 Å². The van der Waals surface area contributed by atoms with Crippen LogP contribution in [0, 0.1) is 18.2 Å². The van der Waals surface area contributed by atoms with E-state index in [9.17, 15) is 9.18 Å². The van der Waals surface area contributed by atoms with Crippen LogP contribution in [0.4, 0.5) is 4.39 Å². The number of benzene rings is 1. The van der Waals surface area contributed by atoms with E-state index in [4.69, 9.17) is 9.57 Å². The number of rotatable bonds is 6. The minimum absolute atomic E-state index is 0.0271. The molecule has 3 unspecified atom stereocenters. The van der Waals surface area contributed by atoms with E-state index in [1.807, 2.05) is 31.3 Å². The third-order valence-electron chi connectivity index (χ3n) is 7.60. The van der Waals surface area contributed by atoms with Crippen LogP contribution in [0.3, 0.4) is 0 Å². The van der Waals surface area contributed by atoms with Crippen LogP contribution in [0.25, 0.3) is 0 Å². The molecule has 2 aromatic rings. The summed E-state index contributed by atoms with van der Waals surface area (Å²) >= 11 is 0. The van der Waals surface area contributed by atoms with Crippen molar-refractivity contribution in [2.45, 2.75) is 51.0 Å². The number of hydrogen-bond donors (Lipinski definition) is 0. The molecule has 7 nitrogen and oxygen atoms in total. The van der Waals surface area contributed by atoms with E-state index >= 15 is 0 Å². The number of oxime groups is 1. The van der Waals surface area contributed by atoms with Gasteiger partial charge in [-0.05, 0) is 86.1 Å². The van der Waals surface area contributed by atoms with Gasteiger partial charge in [-0.15, -0.1) is 0 Å². The number of nitrogens with zero attached hydrogens (tertiary/aromatic N) is 4. The normalized spacial score (nSPS) is 29.1. The summed E-state index contributed by atoms with van der Waals surface area (Å²) in [7, 11) is 0. The summed E-state index contributed by atoms with van der Waals surface area (Å²) in [6, 6.07) is 5.91. The van der Waals surface area contributed by atoms with Crippen LogP contribution in [-0.2, 0) is 20.1 Å². The molecule has 8 heteroatoms.